The van der Waals surface area contributed by atoms with Crippen LogP contribution in [0.3, 0.4) is 0 Å². The third-order valence-electron chi connectivity index (χ3n) is 2.54. The van der Waals surface area contributed by atoms with Gasteiger partial charge in [0.2, 0.25) is 0 Å². The van der Waals surface area contributed by atoms with E-state index in [1.807, 2.05) is 0 Å². The summed E-state index contributed by atoms with van der Waals surface area (Å²) in [4.78, 5) is 11.3. The lowest BCUT2D eigenvalue weighted by molar-refractivity contribution is -0.138. The number of epoxide rings is 1. The van der Waals surface area contributed by atoms with E-state index in [0.717, 1.165) is 19.2 Å². The Morgan fingerprint density at radius 1 is 1.47 bits per heavy atom. The lowest BCUT2D eigenvalue weighted by Gasteiger charge is -2.13. The molecule has 0 saturated carbocycles. The van der Waals surface area contributed by atoms with E-state index in [2.05, 4.69) is 4.74 Å². The minimum Gasteiger partial charge on any atom is -0.491 e. The van der Waals surface area contributed by atoms with Gasteiger partial charge in [-0.3, -0.25) is 0 Å². The van der Waals surface area contributed by atoms with E-state index in [-0.39, 0.29) is 18.5 Å². The van der Waals surface area contributed by atoms with Gasteiger partial charge in [0.15, 0.2) is 0 Å². The van der Waals surface area contributed by atoms with Gasteiger partial charge in [-0.15, -0.1) is 0 Å². The molecule has 1 heterocycles. The summed E-state index contributed by atoms with van der Waals surface area (Å²) in [5.41, 5.74) is -1.61. The Labute approximate surface area is 107 Å². The molecular formula is C12H11F3O4. The average Bonchev–Trinajstić information content (AvgIpc) is 3.18. The number of hydrogen-bond donors (Lipinski definition) is 0. The van der Waals surface area contributed by atoms with Gasteiger partial charge in [-0.1, -0.05) is 0 Å². The number of hydrogen-bond acceptors (Lipinski definition) is 4. The first kappa shape index (κ1) is 13.7. The predicted octanol–water partition coefficient (Wildman–Crippen LogP) is 2.27. The van der Waals surface area contributed by atoms with Gasteiger partial charge in [0.25, 0.3) is 0 Å². The Bertz CT molecular complexity index is 480. The van der Waals surface area contributed by atoms with Crippen molar-refractivity contribution in [2.24, 2.45) is 0 Å². The molecule has 1 fully saturated rings. The number of methoxy groups -OCH3 is 1. The summed E-state index contributed by atoms with van der Waals surface area (Å²) in [5.74, 6) is -1.00. The smallest absolute Gasteiger partial charge is 0.417 e. The first-order valence-corrected chi connectivity index (χ1v) is 5.46. The molecule has 1 aromatic carbocycles. The van der Waals surface area contributed by atoms with Crippen molar-refractivity contribution in [2.45, 2.75) is 12.3 Å². The second-order valence-electron chi connectivity index (χ2n) is 3.96. The van der Waals surface area contributed by atoms with Crippen LogP contribution in [0.2, 0.25) is 0 Å². The van der Waals surface area contributed by atoms with E-state index in [4.69, 9.17) is 9.47 Å². The first-order valence-electron chi connectivity index (χ1n) is 5.46. The highest BCUT2D eigenvalue weighted by molar-refractivity contribution is 5.91. The van der Waals surface area contributed by atoms with Gasteiger partial charge < -0.3 is 14.2 Å². The van der Waals surface area contributed by atoms with Crippen molar-refractivity contribution in [3.05, 3.63) is 29.3 Å². The Morgan fingerprint density at radius 3 is 2.68 bits per heavy atom. The van der Waals surface area contributed by atoms with Crippen LogP contribution in [-0.4, -0.2) is 32.4 Å². The number of halogens is 3. The number of rotatable bonds is 4. The highest BCUT2D eigenvalue weighted by atomic mass is 19.4. The predicted molar refractivity (Wildman–Crippen MR) is 58.0 cm³/mol. The number of carbonyl (C=O) groups is 1. The lowest BCUT2D eigenvalue weighted by Crippen LogP contribution is -2.15. The summed E-state index contributed by atoms with van der Waals surface area (Å²) in [7, 11) is 1.03. The van der Waals surface area contributed by atoms with Crippen LogP contribution in [0.25, 0.3) is 0 Å². The topological polar surface area (TPSA) is 48.1 Å². The zero-order chi connectivity index (χ0) is 14.0. The monoisotopic (exact) mass is 276 g/mol. The first-order chi connectivity index (χ1) is 8.91. The molecule has 0 unspecified atom stereocenters. The lowest BCUT2D eigenvalue weighted by atomic mass is 10.1. The molecule has 1 atom stereocenters. The van der Waals surface area contributed by atoms with E-state index >= 15 is 0 Å². The van der Waals surface area contributed by atoms with Crippen molar-refractivity contribution in [1.29, 1.82) is 0 Å². The van der Waals surface area contributed by atoms with Crippen molar-refractivity contribution in [3.63, 3.8) is 0 Å². The molecule has 0 amide bonds. The van der Waals surface area contributed by atoms with E-state index < -0.39 is 23.3 Å². The van der Waals surface area contributed by atoms with Crippen molar-refractivity contribution in [3.8, 4) is 5.75 Å². The molecule has 2 rings (SSSR count). The average molecular weight is 276 g/mol. The number of esters is 1. The summed E-state index contributed by atoms with van der Waals surface area (Å²) in [6.45, 7) is 0.737. The molecule has 19 heavy (non-hydrogen) atoms. The minimum atomic E-state index is -4.65. The maximum atomic E-state index is 12.8. The summed E-state index contributed by atoms with van der Waals surface area (Å²) in [6, 6.07) is 3.12. The van der Waals surface area contributed by atoms with Crippen molar-refractivity contribution in [2.75, 3.05) is 20.3 Å². The van der Waals surface area contributed by atoms with Gasteiger partial charge in [0, 0.05) is 0 Å². The summed E-state index contributed by atoms with van der Waals surface area (Å²) in [5, 5.41) is 0. The molecule has 1 aliphatic rings. The van der Waals surface area contributed by atoms with Crippen molar-refractivity contribution < 1.29 is 32.2 Å². The van der Waals surface area contributed by atoms with E-state index in [9.17, 15) is 18.0 Å². The van der Waals surface area contributed by atoms with Crippen LogP contribution in [-0.2, 0) is 15.7 Å². The molecule has 0 N–H and O–H groups in total. The van der Waals surface area contributed by atoms with Gasteiger partial charge in [-0.2, -0.15) is 13.2 Å². The SMILES string of the molecule is COC(=O)c1ccc(OC[C@@H]2CO2)cc1C(F)(F)F. The van der Waals surface area contributed by atoms with Gasteiger partial charge in [-0.05, 0) is 18.2 Å². The maximum absolute atomic E-state index is 12.8. The minimum absolute atomic E-state index is 0.0375. The number of alkyl halides is 3. The van der Waals surface area contributed by atoms with Crippen LogP contribution in [0, 0.1) is 0 Å². The molecule has 0 bridgehead atoms. The fourth-order valence-electron chi connectivity index (χ4n) is 1.49. The molecule has 1 aliphatic heterocycles. The Kier molecular flexibility index (Phi) is 3.66. The van der Waals surface area contributed by atoms with Gasteiger partial charge in [-0.25, -0.2) is 4.79 Å². The molecule has 1 aromatic rings. The number of ether oxygens (including phenoxy) is 3. The zero-order valence-corrected chi connectivity index (χ0v) is 9.99. The molecular weight excluding hydrogens is 265 g/mol. The van der Waals surface area contributed by atoms with Crippen LogP contribution < -0.4 is 4.74 Å². The van der Waals surface area contributed by atoms with E-state index in [1.54, 1.807) is 0 Å². The molecule has 104 valence electrons. The summed E-state index contributed by atoms with van der Waals surface area (Å²) in [6.07, 6.45) is -4.71. The maximum Gasteiger partial charge on any atom is 0.417 e. The third-order valence-corrected chi connectivity index (χ3v) is 2.54. The normalized spacial score (nSPS) is 18.0. The van der Waals surface area contributed by atoms with Gasteiger partial charge in [0.1, 0.15) is 18.5 Å². The fourth-order valence-corrected chi connectivity index (χ4v) is 1.49. The molecule has 4 nitrogen and oxygen atoms in total. The quantitative estimate of drug-likeness (QED) is 0.625. The zero-order valence-electron chi connectivity index (χ0n) is 9.99. The molecule has 0 aliphatic carbocycles. The molecule has 1 saturated heterocycles. The summed E-state index contributed by atoms with van der Waals surface area (Å²) < 4.78 is 52.9. The van der Waals surface area contributed by atoms with E-state index in [0.29, 0.717) is 6.61 Å². The molecule has 0 aromatic heterocycles. The fraction of sp³-hybridized carbons (Fsp3) is 0.417. The number of benzene rings is 1. The van der Waals surface area contributed by atoms with Gasteiger partial charge >= 0.3 is 12.1 Å². The molecule has 0 spiro atoms. The van der Waals surface area contributed by atoms with Crippen LogP contribution in [0.5, 0.6) is 5.75 Å². The standard InChI is InChI=1S/C12H11F3O4/c1-17-11(16)9-3-2-7(18-5-8-6-19-8)4-10(9)12(13,14)15/h2-4,8H,5-6H2,1H3/t8-/m1/s1. The summed E-state index contributed by atoms with van der Waals surface area (Å²) >= 11 is 0. The Morgan fingerprint density at radius 2 is 2.16 bits per heavy atom. The van der Waals surface area contributed by atoms with E-state index in [1.165, 1.54) is 6.07 Å². The largest absolute Gasteiger partial charge is 0.491 e. The van der Waals surface area contributed by atoms with Crippen LogP contribution in [0.4, 0.5) is 13.2 Å². The van der Waals surface area contributed by atoms with Crippen LogP contribution in [0.15, 0.2) is 18.2 Å². The van der Waals surface area contributed by atoms with Crippen LogP contribution in [0.1, 0.15) is 15.9 Å². The van der Waals surface area contributed by atoms with Gasteiger partial charge in [0.05, 0.1) is 24.8 Å². The highest BCUT2D eigenvalue weighted by Crippen LogP contribution is 2.34. The molecule has 0 radical (unpaired) electrons. The third kappa shape index (κ3) is 3.37. The van der Waals surface area contributed by atoms with Crippen molar-refractivity contribution >= 4 is 5.97 Å². The highest BCUT2D eigenvalue weighted by Gasteiger charge is 2.36. The Balaban J connectivity index is 2.26. The second kappa shape index (κ2) is 5.08. The van der Waals surface area contributed by atoms with Crippen LogP contribution >= 0.6 is 0 Å². The second-order valence-corrected chi connectivity index (χ2v) is 3.96. The number of carbonyl (C=O) groups excluding carboxylic acids is 1. The Hall–Kier alpha value is -1.76. The van der Waals surface area contributed by atoms with Crippen molar-refractivity contribution in [1.82, 2.24) is 0 Å². The molecule has 7 heteroatoms.